The van der Waals surface area contributed by atoms with Gasteiger partial charge in [-0.3, -0.25) is 0 Å². The van der Waals surface area contributed by atoms with Crippen molar-refractivity contribution in [2.45, 2.75) is 24.3 Å². The Hall–Kier alpha value is -0.820. The monoisotopic (exact) mass is 305 g/mol. The first-order valence-corrected chi connectivity index (χ1v) is 7.64. The molecular formula is C12H20ClN3O2S. The molecule has 0 spiro atoms. The third-order valence-corrected chi connectivity index (χ3v) is 4.91. The molecule has 108 valence electrons. The fourth-order valence-electron chi connectivity index (χ4n) is 1.19. The summed E-state index contributed by atoms with van der Waals surface area (Å²) < 4.78 is 26.8. The number of benzene rings is 1. The van der Waals surface area contributed by atoms with Gasteiger partial charge >= 0.3 is 0 Å². The van der Waals surface area contributed by atoms with Gasteiger partial charge in [0.1, 0.15) is 0 Å². The summed E-state index contributed by atoms with van der Waals surface area (Å²) >= 11 is 5.83. The van der Waals surface area contributed by atoms with Crippen molar-refractivity contribution in [1.29, 1.82) is 0 Å². The second-order valence-corrected chi connectivity index (χ2v) is 7.39. The van der Waals surface area contributed by atoms with Gasteiger partial charge in [-0.15, -0.1) is 0 Å². The van der Waals surface area contributed by atoms with Crippen molar-refractivity contribution in [1.82, 2.24) is 9.62 Å². The van der Waals surface area contributed by atoms with Crippen LogP contribution in [-0.4, -0.2) is 39.5 Å². The van der Waals surface area contributed by atoms with Gasteiger partial charge in [-0.2, -0.15) is 0 Å². The van der Waals surface area contributed by atoms with E-state index in [1.807, 2.05) is 32.8 Å². The number of nitrogens with zero attached hydrogens (tertiary/aromatic N) is 1. The molecule has 0 unspecified atom stereocenters. The molecule has 19 heavy (non-hydrogen) atoms. The second kappa shape index (κ2) is 5.66. The SMILES string of the molecule is CN(C)C(C)(C)CNS(=O)(=O)c1ccc(N)c(Cl)c1. The molecule has 0 saturated heterocycles. The summed E-state index contributed by atoms with van der Waals surface area (Å²) in [5.41, 5.74) is 5.63. The Balaban J connectivity index is 2.90. The Morgan fingerprint density at radius 3 is 2.42 bits per heavy atom. The number of nitrogens with two attached hydrogens (primary N) is 1. The van der Waals surface area contributed by atoms with E-state index in [1.165, 1.54) is 18.2 Å². The molecule has 3 N–H and O–H groups in total. The van der Waals surface area contributed by atoms with Crippen molar-refractivity contribution < 1.29 is 8.42 Å². The van der Waals surface area contributed by atoms with Crippen LogP contribution in [0.15, 0.2) is 23.1 Å². The highest BCUT2D eigenvalue weighted by Crippen LogP contribution is 2.22. The first-order chi connectivity index (χ1) is 8.56. The highest BCUT2D eigenvalue weighted by molar-refractivity contribution is 7.89. The number of halogens is 1. The van der Waals surface area contributed by atoms with Crippen molar-refractivity contribution in [3.05, 3.63) is 23.2 Å². The Morgan fingerprint density at radius 1 is 1.37 bits per heavy atom. The summed E-state index contributed by atoms with van der Waals surface area (Å²) in [6, 6.07) is 4.27. The number of anilines is 1. The largest absolute Gasteiger partial charge is 0.398 e. The van der Waals surface area contributed by atoms with E-state index in [4.69, 9.17) is 17.3 Å². The van der Waals surface area contributed by atoms with Crippen LogP contribution in [0.2, 0.25) is 5.02 Å². The lowest BCUT2D eigenvalue weighted by Crippen LogP contribution is -2.48. The van der Waals surface area contributed by atoms with E-state index in [9.17, 15) is 8.42 Å². The summed E-state index contributed by atoms with van der Waals surface area (Å²) in [5.74, 6) is 0. The summed E-state index contributed by atoms with van der Waals surface area (Å²) in [4.78, 5) is 2.06. The molecule has 0 atom stereocenters. The fourth-order valence-corrected chi connectivity index (χ4v) is 2.66. The Labute approximate surface area is 119 Å². The highest BCUT2D eigenvalue weighted by Gasteiger charge is 2.24. The van der Waals surface area contributed by atoms with Crippen LogP contribution < -0.4 is 10.5 Å². The van der Waals surface area contributed by atoms with Crippen molar-refractivity contribution in [2.24, 2.45) is 0 Å². The molecule has 0 saturated carbocycles. The van der Waals surface area contributed by atoms with E-state index in [2.05, 4.69) is 4.72 Å². The fraction of sp³-hybridized carbons (Fsp3) is 0.500. The quantitative estimate of drug-likeness (QED) is 0.809. The van der Waals surface area contributed by atoms with Gasteiger partial charge in [-0.25, -0.2) is 13.1 Å². The number of rotatable bonds is 5. The first kappa shape index (κ1) is 16.2. The zero-order valence-corrected chi connectivity index (χ0v) is 13.1. The van der Waals surface area contributed by atoms with Crippen LogP contribution in [0.1, 0.15) is 13.8 Å². The molecular weight excluding hydrogens is 286 g/mol. The van der Waals surface area contributed by atoms with E-state index < -0.39 is 10.0 Å². The third kappa shape index (κ3) is 4.07. The van der Waals surface area contributed by atoms with E-state index >= 15 is 0 Å². The van der Waals surface area contributed by atoms with Crippen molar-refractivity contribution in [2.75, 3.05) is 26.4 Å². The third-order valence-electron chi connectivity index (χ3n) is 3.19. The predicted octanol–water partition coefficient (Wildman–Crippen LogP) is 1.54. The molecule has 0 aliphatic rings. The average Bonchev–Trinajstić information content (AvgIpc) is 2.30. The maximum Gasteiger partial charge on any atom is 0.240 e. The van der Waals surface area contributed by atoms with E-state index in [-0.39, 0.29) is 15.5 Å². The molecule has 0 amide bonds. The molecule has 1 aromatic rings. The van der Waals surface area contributed by atoms with Gasteiger partial charge in [0.05, 0.1) is 15.6 Å². The first-order valence-electron chi connectivity index (χ1n) is 5.78. The number of nitrogen functional groups attached to an aromatic ring is 1. The lowest BCUT2D eigenvalue weighted by molar-refractivity contribution is 0.199. The minimum atomic E-state index is -3.58. The Morgan fingerprint density at radius 2 is 1.95 bits per heavy atom. The number of nitrogens with one attached hydrogen (secondary N) is 1. The van der Waals surface area contributed by atoms with Crippen molar-refractivity contribution in [3.63, 3.8) is 0 Å². The standard InChI is InChI=1S/C12H20ClN3O2S/c1-12(2,16(3)4)8-15-19(17,18)9-5-6-11(14)10(13)7-9/h5-7,15H,8,14H2,1-4H3. The van der Waals surface area contributed by atoms with Crippen LogP contribution in [0.4, 0.5) is 5.69 Å². The zero-order chi connectivity index (χ0) is 14.8. The maximum atomic E-state index is 12.1. The molecule has 0 aliphatic carbocycles. The van der Waals surface area contributed by atoms with Crippen molar-refractivity contribution in [3.8, 4) is 0 Å². The van der Waals surface area contributed by atoms with E-state index in [0.29, 0.717) is 12.2 Å². The molecule has 0 heterocycles. The summed E-state index contributed by atoms with van der Waals surface area (Å²) in [7, 11) is 0.211. The summed E-state index contributed by atoms with van der Waals surface area (Å²) in [5, 5.41) is 0.231. The van der Waals surface area contributed by atoms with Gasteiger partial charge in [-0.05, 0) is 46.1 Å². The molecule has 0 radical (unpaired) electrons. The average molecular weight is 306 g/mol. The minimum absolute atomic E-state index is 0.112. The van der Waals surface area contributed by atoms with E-state index in [0.717, 1.165) is 0 Å². The number of hydrogen-bond acceptors (Lipinski definition) is 4. The number of hydrogen-bond donors (Lipinski definition) is 2. The summed E-state index contributed by atoms with van der Waals surface area (Å²) in [6.45, 7) is 4.20. The highest BCUT2D eigenvalue weighted by atomic mass is 35.5. The molecule has 1 rings (SSSR count). The Kier molecular flexibility index (Phi) is 4.84. The predicted molar refractivity (Wildman–Crippen MR) is 78.8 cm³/mol. The lowest BCUT2D eigenvalue weighted by Gasteiger charge is -2.32. The smallest absolute Gasteiger partial charge is 0.240 e. The maximum absolute atomic E-state index is 12.1. The van der Waals surface area contributed by atoms with Crippen molar-refractivity contribution >= 4 is 27.3 Å². The molecule has 7 heteroatoms. The topological polar surface area (TPSA) is 75.4 Å². The van der Waals surface area contributed by atoms with Gasteiger partial charge in [0.15, 0.2) is 0 Å². The molecule has 0 bridgehead atoms. The van der Waals surface area contributed by atoms with Crippen LogP contribution in [-0.2, 0) is 10.0 Å². The number of likely N-dealkylation sites (N-methyl/N-ethyl adjacent to an activating group) is 1. The molecule has 1 aromatic carbocycles. The van der Waals surface area contributed by atoms with Crippen LogP contribution >= 0.6 is 11.6 Å². The minimum Gasteiger partial charge on any atom is -0.398 e. The molecule has 0 aliphatic heterocycles. The summed E-state index contributed by atoms with van der Waals surface area (Å²) in [6.07, 6.45) is 0. The molecule has 5 nitrogen and oxygen atoms in total. The van der Waals surface area contributed by atoms with Crippen LogP contribution in [0, 0.1) is 0 Å². The Bertz CT molecular complexity index is 556. The van der Waals surface area contributed by atoms with Gasteiger partial charge < -0.3 is 10.6 Å². The normalized spacial score (nSPS) is 12.9. The molecule has 0 aromatic heterocycles. The van der Waals surface area contributed by atoms with Crippen LogP contribution in [0.25, 0.3) is 0 Å². The number of sulfonamides is 1. The van der Waals surface area contributed by atoms with E-state index in [1.54, 1.807) is 0 Å². The van der Waals surface area contributed by atoms with Gasteiger partial charge in [0.25, 0.3) is 0 Å². The van der Waals surface area contributed by atoms with Gasteiger partial charge in [0.2, 0.25) is 10.0 Å². The van der Waals surface area contributed by atoms with Gasteiger partial charge in [-0.1, -0.05) is 11.6 Å². The van der Waals surface area contributed by atoms with Crippen LogP contribution in [0.5, 0.6) is 0 Å². The van der Waals surface area contributed by atoms with Crippen LogP contribution in [0.3, 0.4) is 0 Å². The second-order valence-electron chi connectivity index (χ2n) is 5.21. The lowest BCUT2D eigenvalue weighted by atomic mass is 10.1. The molecule has 0 fully saturated rings. The zero-order valence-electron chi connectivity index (χ0n) is 11.6. The van der Waals surface area contributed by atoms with Gasteiger partial charge in [0, 0.05) is 12.1 Å².